The summed E-state index contributed by atoms with van der Waals surface area (Å²) in [5.41, 5.74) is 2.24. The van der Waals surface area contributed by atoms with Crippen LogP contribution in [0.2, 0.25) is 0 Å². The number of ether oxygens (including phenoxy) is 1. The zero-order valence-corrected chi connectivity index (χ0v) is 16.5. The molecule has 0 radical (unpaired) electrons. The number of fused-ring (bicyclic) bond motifs is 1. The van der Waals surface area contributed by atoms with Gasteiger partial charge in [0.15, 0.2) is 0 Å². The Morgan fingerprint density at radius 1 is 1.43 bits per heavy atom. The molecule has 2 heterocycles. The monoisotopic (exact) mass is 399 g/mol. The van der Waals surface area contributed by atoms with Gasteiger partial charge in [-0.15, -0.1) is 11.3 Å². The Morgan fingerprint density at radius 3 is 2.86 bits per heavy atom. The first-order valence-corrected chi connectivity index (χ1v) is 9.71. The summed E-state index contributed by atoms with van der Waals surface area (Å²) in [4.78, 5) is 25.9. The van der Waals surface area contributed by atoms with Crippen LogP contribution in [0.15, 0.2) is 24.3 Å². The normalized spacial score (nSPS) is 14.0. The van der Waals surface area contributed by atoms with Gasteiger partial charge in [0.05, 0.1) is 19.2 Å². The van der Waals surface area contributed by atoms with Gasteiger partial charge in [-0.2, -0.15) is 5.26 Å². The Bertz CT molecular complexity index is 947. The van der Waals surface area contributed by atoms with Gasteiger partial charge in [0.25, 0.3) is 0 Å². The maximum atomic E-state index is 12.6. The second-order valence-corrected chi connectivity index (χ2v) is 7.77. The van der Waals surface area contributed by atoms with Crippen LogP contribution in [0.25, 0.3) is 0 Å². The quantitative estimate of drug-likeness (QED) is 0.796. The van der Waals surface area contributed by atoms with Crippen LogP contribution in [0, 0.1) is 11.3 Å². The number of hydrogen-bond acceptors (Lipinski definition) is 5. The molecule has 146 valence electrons. The van der Waals surface area contributed by atoms with Gasteiger partial charge in [-0.05, 0) is 29.5 Å². The number of nitriles is 1. The standard InChI is InChI=1S/C20H21N3O4S/c1-12(13-5-3-4-6-16(13)27-2)9-18(24)22-19-15(10-21)14-7-8-23(20(25)26)11-17(14)28-19/h3-6,12H,7-9,11H2,1-2H3,(H,22,24)(H,25,26). The summed E-state index contributed by atoms with van der Waals surface area (Å²) in [6.45, 7) is 2.55. The van der Waals surface area contributed by atoms with Crippen LogP contribution in [0.3, 0.4) is 0 Å². The molecule has 0 aliphatic carbocycles. The number of para-hydroxylation sites is 1. The summed E-state index contributed by atoms with van der Waals surface area (Å²) in [5.74, 6) is 0.489. The van der Waals surface area contributed by atoms with Gasteiger partial charge in [0.1, 0.15) is 16.8 Å². The van der Waals surface area contributed by atoms with Crippen LogP contribution in [0.5, 0.6) is 5.75 Å². The Kier molecular flexibility index (Phi) is 5.85. The SMILES string of the molecule is COc1ccccc1C(C)CC(=O)Nc1sc2c(c1C#N)CCN(C(=O)O)C2. The molecule has 1 aromatic heterocycles. The van der Waals surface area contributed by atoms with Crippen LogP contribution >= 0.6 is 11.3 Å². The van der Waals surface area contributed by atoms with E-state index in [2.05, 4.69) is 11.4 Å². The van der Waals surface area contributed by atoms with E-state index < -0.39 is 6.09 Å². The van der Waals surface area contributed by atoms with Crippen molar-refractivity contribution in [3.63, 3.8) is 0 Å². The lowest BCUT2D eigenvalue weighted by Gasteiger charge is -2.23. The molecule has 0 saturated heterocycles. The van der Waals surface area contributed by atoms with E-state index in [4.69, 9.17) is 4.74 Å². The Labute approximate surface area is 167 Å². The maximum absolute atomic E-state index is 12.6. The summed E-state index contributed by atoms with van der Waals surface area (Å²) in [6, 6.07) is 9.74. The molecule has 0 fully saturated rings. The zero-order valence-electron chi connectivity index (χ0n) is 15.7. The number of methoxy groups -OCH3 is 1. The van der Waals surface area contributed by atoms with Crippen LogP contribution in [-0.2, 0) is 17.8 Å². The second-order valence-electron chi connectivity index (χ2n) is 6.67. The number of carbonyl (C=O) groups excluding carboxylic acids is 1. The third-order valence-corrected chi connectivity index (χ3v) is 5.99. The molecule has 28 heavy (non-hydrogen) atoms. The van der Waals surface area contributed by atoms with Crippen molar-refractivity contribution >= 4 is 28.3 Å². The minimum absolute atomic E-state index is 0.0567. The summed E-state index contributed by atoms with van der Waals surface area (Å²) in [6.07, 6.45) is -0.252. The van der Waals surface area contributed by atoms with Crippen LogP contribution in [0.1, 0.15) is 40.8 Å². The van der Waals surface area contributed by atoms with Gasteiger partial charge in [-0.3, -0.25) is 4.79 Å². The summed E-state index contributed by atoms with van der Waals surface area (Å²) < 4.78 is 5.36. The van der Waals surface area contributed by atoms with Crippen LogP contribution < -0.4 is 10.1 Å². The average molecular weight is 399 g/mol. The van der Waals surface area contributed by atoms with Gasteiger partial charge >= 0.3 is 6.09 Å². The zero-order chi connectivity index (χ0) is 20.3. The smallest absolute Gasteiger partial charge is 0.407 e. The molecule has 2 aromatic rings. The fourth-order valence-corrected chi connectivity index (χ4v) is 4.64. The molecule has 1 unspecified atom stereocenters. The van der Waals surface area contributed by atoms with Gasteiger partial charge in [0.2, 0.25) is 5.91 Å². The predicted molar refractivity (Wildman–Crippen MR) is 106 cm³/mol. The Balaban J connectivity index is 1.74. The Hall–Kier alpha value is -3.05. The van der Waals surface area contributed by atoms with Gasteiger partial charge in [0, 0.05) is 17.8 Å². The molecule has 0 spiro atoms. The van der Waals surface area contributed by atoms with Gasteiger partial charge in [-0.1, -0.05) is 25.1 Å². The van der Waals surface area contributed by atoms with Gasteiger partial charge in [-0.25, -0.2) is 4.79 Å². The topological polar surface area (TPSA) is 103 Å². The lowest BCUT2D eigenvalue weighted by molar-refractivity contribution is -0.116. The molecule has 3 rings (SSSR count). The summed E-state index contributed by atoms with van der Waals surface area (Å²) in [5, 5.41) is 22.1. The second kappa shape index (κ2) is 8.31. The first kappa shape index (κ1) is 19.7. The number of carboxylic acid groups (broad SMARTS) is 1. The third-order valence-electron chi connectivity index (χ3n) is 4.85. The number of rotatable bonds is 5. The highest BCUT2D eigenvalue weighted by Crippen LogP contribution is 2.37. The lowest BCUT2D eigenvalue weighted by atomic mass is 9.96. The number of carbonyl (C=O) groups is 2. The molecule has 1 aliphatic heterocycles. The predicted octanol–water partition coefficient (Wildman–Crippen LogP) is 3.80. The van der Waals surface area contributed by atoms with Crippen LogP contribution in [-0.4, -0.2) is 35.7 Å². The number of thiophene rings is 1. The highest BCUT2D eigenvalue weighted by molar-refractivity contribution is 7.16. The number of benzene rings is 1. The molecule has 8 heteroatoms. The van der Waals surface area contributed by atoms with Crippen molar-refractivity contribution in [1.82, 2.24) is 4.90 Å². The van der Waals surface area contributed by atoms with Crippen molar-refractivity contribution in [3.05, 3.63) is 45.8 Å². The van der Waals surface area contributed by atoms with Crippen molar-refractivity contribution in [2.75, 3.05) is 19.0 Å². The molecule has 0 bridgehead atoms. The van der Waals surface area contributed by atoms with E-state index in [0.717, 1.165) is 21.8 Å². The van der Waals surface area contributed by atoms with E-state index in [9.17, 15) is 20.0 Å². The molecule has 2 N–H and O–H groups in total. The highest BCUT2D eigenvalue weighted by atomic mass is 32.1. The average Bonchev–Trinajstić information content (AvgIpc) is 3.03. The van der Waals surface area contributed by atoms with E-state index in [-0.39, 0.29) is 24.8 Å². The van der Waals surface area contributed by atoms with E-state index in [1.165, 1.54) is 16.2 Å². The van der Waals surface area contributed by atoms with E-state index in [1.807, 2.05) is 31.2 Å². The van der Waals surface area contributed by atoms with Crippen molar-refractivity contribution < 1.29 is 19.4 Å². The van der Waals surface area contributed by atoms with Crippen molar-refractivity contribution in [2.45, 2.75) is 32.2 Å². The number of anilines is 1. The summed E-state index contributed by atoms with van der Waals surface area (Å²) in [7, 11) is 1.60. The molecule has 7 nitrogen and oxygen atoms in total. The Morgan fingerprint density at radius 2 is 2.18 bits per heavy atom. The van der Waals surface area contributed by atoms with E-state index >= 15 is 0 Å². The maximum Gasteiger partial charge on any atom is 0.407 e. The fraction of sp³-hybridized carbons (Fsp3) is 0.350. The van der Waals surface area contributed by atoms with Gasteiger partial charge < -0.3 is 20.1 Å². The molecular weight excluding hydrogens is 378 g/mol. The molecule has 0 saturated carbocycles. The highest BCUT2D eigenvalue weighted by Gasteiger charge is 2.27. The number of nitrogens with zero attached hydrogens (tertiary/aromatic N) is 2. The number of nitrogens with one attached hydrogen (secondary N) is 1. The van der Waals surface area contributed by atoms with Crippen molar-refractivity contribution in [2.24, 2.45) is 0 Å². The van der Waals surface area contributed by atoms with Crippen LogP contribution in [0.4, 0.5) is 9.80 Å². The third kappa shape index (κ3) is 3.94. The summed E-state index contributed by atoms with van der Waals surface area (Å²) >= 11 is 1.28. The van der Waals surface area contributed by atoms with Crippen molar-refractivity contribution in [1.29, 1.82) is 5.26 Å². The number of hydrogen-bond donors (Lipinski definition) is 2. The molecule has 1 aromatic carbocycles. The first-order valence-electron chi connectivity index (χ1n) is 8.89. The molecular formula is C20H21N3O4S. The van der Waals surface area contributed by atoms with E-state index in [0.29, 0.717) is 23.5 Å². The minimum atomic E-state index is -0.978. The van der Waals surface area contributed by atoms with Crippen molar-refractivity contribution in [3.8, 4) is 11.8 Å². The molecule has 1 atom stereocenters. The lowest BCUT2D eigenvalue weighted by Crippen LogP contribution is -2.34. The molecule has 2 amide bonds. The first-order chi connectivity index (χ1) is 13.4. The molecule has 1 aliphatic rings. The largest absolute Gasteiger partial charge is 0.496 e. The minimum Gasteiger partial charge on any atom is -0.496 e. The number of amides is 2. The van der Waals surface area contributed by atoms with E-state index in [1.54, 1.807) is 7.11 Å². The fourth-order valence-electron chi connectivity index (χ4n) is 3.41.